The van der Waals surface area contributed by atoms with Gasteiger partial charge in [-0.25, -0.2) is 9.98 Å². The Morgan fingerprint density at radius 3 is 2.52 bits per heavy atom. The van der Waals surface area contributed by atoms with Crippen molar-refractivity contribution in [1.82, 2.24) is 19.6 Å². The van der Waals surface area contributed by atoms with E-state index < -0.39 is 0 Å². The zero-order chi connectivity index (χ0) is 21.3. The second kappa shape index (κ2) is 12.9. The lowest BCUT2D eigenvalue weighted by Gasteiger charge is -2.36. The maximum absolute atomic E-state index is 6.04. The van der Waals surface area contributed by atoms with Gasteiger partial charge < -0.3 is 24.6 Å². The van der Waals surface area contributed by atoms with Gasteiger partial charge in [0.05, 0.1) is 13.7 Å². The lowest BCUT2D eigenvalue weighted by atomic mass is 10.3. The standard InChI is InChI=1S/C21H32N6O2S.HI/c1-5-19-24-21(30-25-19)27-13-11-26(12-14-27)20(22-6-2)23-15-16(3)29-18-10-8-7-9-17(18)28-4;/h7-10,16H,5-6,11-15H2,1-4H3,(H,22,23);1H. The van der Waals surface area contributed by atoms with E-state index in [4.69, 9.17) is 14.5 Å². The van der Waals surface area contributed by atoms with Crippen LogP contribution in [0.5, 0.6) is 11.5 Å². The van der Waals surface area contributed by atoms with Crippen LogP contribution in [0.15, 0.2) is 29.3 Å². The van der Waals surface area contributed by atoms with Gasteiger partial charge in [0.1, 0.15) is 11.9 Å². The van der Waals surface area contributed by atoms with Crippen LogP contribution in [0.25, 0.3) is 0 Å². The molecule has 1 aromatic carbocycles. The molecule has 1 aromatic heterocycles. The van der Waals surface area contributed by atoms with E-state index >= 15 is 0 Å². The number of aromatic nitrogens is 2. The van der Waals surface area contributed by atoms with Gasteiger partial charge >= 0.3 is 0 Å². The molecular formula is C21H33IN6O2S. The van der Waals surface area contributed by atoms with Crippen LogP contribution in [-0.4, -0.2) is 72.7 Å². The predicted octanol–water partition coefficient (Wildman–Crippen LogP) is 3.28. The summed E-state index contributed by atoms with van der Waals surface area (Å²) in [5.74, 6) is 3.33. The van der Waals surface area contributed by atoms with Crippen molar-refractivity contribution in [3.63, 3.8) is 0 Å². The van der Waals surface area contributed by atoms with Crippen molar-refractivity contribution in [3.05, 3.63) is 30.1 Å². The third-order valence-electron chi connectivity index (χ3n) is 4.85. The van der Waals surface area contributed by atoms with E-state index in [-0.39, 0.29) is 30.1 Å². The normalized spacial score (nSPS) is 15.3. The van der Waals surface area contributed by atoms with Crippen molar-refractivity contribution < 1.29 is 9.47 Å². The number of nitrogens with zero attached hydrogens (tertiary/aromatic N) is 5. The maximum atomic E-state index is 6.04. The molecule has 1 saturated heterocycles. The summed E-state index contributed by atoms with van der Waals surface area (Å²) >= 11 is 1.49. The lowest BCUT2D eigenvalue weighted by Crippen LogP contribution is -2.52. The number of piperazine rings is 1. The summed E-state index contributed by atoms with van der Waals surface area (Å²) in [6.45, 7) is 11.2. The number of hydrogen-bond acceptors (Lipinski definition) is 7. The Balaban J connectivity index is 0.00000341. The third-order valence-corrected chi connectivity index (χ3v) is 5.67. The van der Waals surface area contributed by atoms with Gasteiger partial charge in [-0.15, -0.1) is 24.0 Å². The molecule has 1 atom stereocenters. The minimum Gasteiger partial charge on any atom is -0.493 e. The van der Waals surface area contributed by atoms with E-state index in [2.05, 4.69) is 38.3 Å². The molecule has 0 saturated carbocycles. The number of aliphatic imine (C=N–C) groups is 1. The molecular weight excluding hydrogens is 527 g/mol. The number of guanidine groups is 1. The van der Waals surface area contributed by atoms with Crippen LogP contribution in [-0.2, 0) is 6.42 Å². The number of aryl methyl sites for hydroxylation is 1. The summed E-state index contributed by atoms with van der Waals surface area (Å²) in [5, 5.41) is 4.43. The highest BCUT2D eigenvalue weighted by atomic mass is 127. The fraction of sp³-hybridized carbons (Fsp3) is 0.571. The summed E-state index contributed by atoms with van der Waals surface area (Å²) < 4.78 is 15.8. The molecule has 0 spiro atoms. The van der Waals surface area contributed by atoms with Crippen LogP contribution in [0.2, 0.25) is 0 Å². The molecule has 1 unspecified atom stereocenters. The number of hydrogen-bond donors (Lipinski definition) is 1. The molecule has 172 valence electrons. The van der Waals surface area contributed by atoms with E-state index in [9.17, 15) is 0 Å². The number of anilines is 1. The first-order chi connectivity index (χ1) is 14.6. The zero-order valence-electron chi connectivity index (χ0n) is 18.7. The molecule has 3 rings (SSSR count). The van der Waals surface area contributed by atoms with Crippen molar-refractivity contribution in [2.24, 2.45) is 4.99 Å². The van der Waals surface area contributed by atoms with Gasteiger partial charge in [0.15, 0.2) is 17.5 Å². The smallest absolute Gasteiger partial charge is 0.205 e. The minimum atomic E-state index is -0.0647. The molecule has 1 fully saturated rings. The van der Waals surface area contributed by atoms with E-state index in [0.29, 0.717) is 6.54 Å². The maximum Gasteiger partial charge on any atom is 0.205 e. The van der Waals surface area contributed by atoms with E-state index in [1.165, 1.54) is 11.5 Å². The molecule has 1 N–H and O–H groups in total. The van der Waals surface area contributed by atoms with Crippen LogP contribution in [0.4, 0.5) is 5.13 Å². The number of rotatable bonds is 8. The average Bonchev–Trinajstić information content (AvgIpc) is 3.26. The van der Waals surface area contributed by atoms with Crippen molar-refractivity contribution >= 4 is 46.6 Å². The third kappa shape index (κ3) is 7.09. The molecule has 1 aliphatic rings. The number of halogens is 1. The molecule has 0 amide bonds. The van der Waals surface area contributed by atoms with Crippen LogP contribution in [0, 0.1) is 0 Å². The Hall–Kier alpha value is -1.82. The zero-order valence-corrected chi connectivity index (χ0v) is 21.9. The van der Waals surface area contributed by atoms with Crippen LogP contribution < -0.4 is 19.7 Å². The van der Waals surface area contributed by atoms with Crippen LogP contribution >= 0.6 is 35.5 Å². The Morgan fingerprint density at radius 2 is 1.90 bits per heavy atom. The number of nitrogens with one attached hydrogen (secondary N) is 1. The second-order valence-corrected chi connectivity index (χ2v) is 7.83. The molecule has 0 aliphatic carbocycles. The molecule has 31 heavy (non-hydrogen) atoms. The Morgan fingerprint density at radius 1 is 1.19 bits per heavy atom. The molecule has 0 bridgehead atoms. The first kappa shape index (κ1) is 25.4. The number of benzene rings is 1. The first-order valence-corrected chi connectivity index (χ1v) is 11.3. The summed E-state index contributed by atoms with van der Waals surface area (Å²) in [6.07, 6.45) is 0.813. The van der Waals surface area contributed by atoms with E-state index in [0.717, 1.165) is 67.6 Å². The molecule has 2 aromatic rings. The van der Waals surface area contributed by atoms with Gasteiger partial charge in [-0.05, 0) is 26.0 Å². The highest BCUT2D eigenvalue weighted by Crippen LogP contribution is 2.26. The van der Waals surface area contributed by atoms with Crippen molar-refractivity contribution in [2.75, 3.05) is 51.3 Å². The largest absolute Gasteiger partial charge is 0.493 e. The molecule has 1 aliphatic heterocycles. The lowest BCUT2D eigenvalue weighted by molar-refractivity contribution is 0.218. The highest BCUT2D eigenvalue weighted by Gasteiger charge is 2.22. The second-order valence-electron chi connectivity index (χ2n) is 7.09. The molecule has 10 heteroatoms. The van der Waals surface area contributed by atoms with Gasteiger partial charge in [0.2, 0.25) is 5.13 Å². The highest BCUT2D eigenvalue weighted by molar-refractivity contribution is 14.0. The van der Waals surface area contributed by atoms with Gasteiger partial charge in [0, 0.05) is 50.7 Å². The van der Waals surface area contributed by atoms with E-state index in [1.807, 2.05) is 31.2 Å². The minimum absolute atomic E-state index is 0. The summed E-state index contributed by atoms with van der Waals surface area (Å²) in [7, 11) is 1.65. The monoisotopic (exact) mass is 560 g/mol. The van der Waals surface area contributed by atoms with Crippen LogP contribution in [0.1, 0.15) is 26.6 Å². The summed E-state index contributed by atoms with van der Waals surface area (Å²) in [4.78, 5) is 14.1. The van der Waals surface area contributed by atoms with Gasteiger partial charge in [-0.3, -0.25) is 0 Å². The van der Waals surface area contributed by atoms with Crippen molar-refractivity contribution in [2.45, 2.75) is 33.3 Å². The number of para-hydroxylation sites is 2. The summed E-state index contributed by atoms with van der Waals surface area (Å²) in [6, 6.07) is 7.69. The quantitative estimate of drug-likeness (QED) is 0.302. The molecule has 2 heterocycles. The Bertz CT molecular complexity index is 826. The van der Waals surface area contributed by atoms with Gasteiger partial charge in [0.25, 0.3) is 0 Å². The van der Waals surface area contributed by atoms with Gasteiger partial charge in [-0.1, -0.05) is 19.1 Å². The number of methoxy groups -OCH3 is 1. The van der Waals surface area contributed by atoms with E-state index in [1.54, 1.807) is 7.11 Å². The fourth-order valence-corrected chi connectivity index (χ4v) is 4.04. The number of ether oxygens (including phenoxy) is 2. The van der Waals surface area contributed by atoms with Gasteiger partial charge in [-0.2, -0.15) is 4.37 Å². The topological polar surface area (TPSA) is 75.1 Å². The Kier molecular flexibility index (Phi) is 10.6. The first-order valence-electron chi connectivity index (χ1n) is 10.5. The van der Waals surface area contributed by atoms with Crippen LogP contribution in [0.3, 0.4) is 0 Å². The molecule has 0 radical (unpaired) electrons. The fourth-order valence-electron chi connectivity index (χ4n) is 3.24. The predicted molar refractivity (Wildman–Crippen MR) is 138 cm³/mol. The summed E-state index contributed by atoms with van der Waals surface area (Å²) in [5.41, 5.74) is 0. The Labute approximate surface area is 206 Å². The van der Waals surface area contributed by atoms with Crippen molar-refractivity contribution in [1.29, 1.82) is 0 Å². The SMILES string of the molecule is CCNC(=NCC(C)Oc1ccccc1OC)N1CCN(c2nc(CC)ns2)CC1.I. The average molecular weight is 561 g/mol. The molecule has 8 nitrogen and oxygen atoms in total. The van der Waals surface area contributed by atoms with Crippen molar-refractivity contribution in [3.8, 4) is 11.5 Å².